The van der Waals surface area contributed by atoms with Crippen LogP contribution in [0, 0.1) is 0 Å². The van der Waals surface area contributed by atoms with Gasteiger partial charge in [0, 0.05) is 17.7 Å². The Labute approximate surface area is 149 Å². The molecule has 0 heterocycles. The van der Waals surface area contributed by atoms with Crippen molar-refractivity contribution in [3.05, 3.63) is 53.6 Å². The van der Waals surface area contributed by atoms with Gasteiger partial charge in [0.2, 0.25) is 5.91 Å². The van der Waals surface area contributed by atoms with Crippen molar-refractivity contribution in [3.8, 4) is 0 Å². The van der Waals surface area contributed by atoms with Crippen LogP contribution < -0.4 is 5.32 Å². The van der Waals surface area contributed by atoms with Crippen molar-refractivity contribution in [3.63, 3.8) is 0 Å². The van der Waals surface area contributed by atoms with Gasteiger partial charge in [-0.3, -0.25) is 4.79 Å². The number of hydrogen-bond donors (Lipinski definition) is 2. The van der Waals surface area contributed by atoms with E-state index >= 15 is 0 Å². The van der Waals surface area contributed by atoms with Gasteiger partial charge in [-0.25, -0.2) is 4.39 Å². The van der Waals surface area contributed by atoms with Crippen molar-refractivity contribution in [1.82, 2.24) is 0 Å². The Kier molecular flexibility index (Phi) is 5.69. The molecule has 27 heavy (non-hydrogen) atoms. The van der Waals surface area contributed by atoms with Crippen LogP contribution in [-0.2, 0) is 10.4 Å². The maximum absolute atomic E-state index is 12.9. The lowest BCUT2D eigenvalue weighted by Crippen LogP contribution is -2.53. The zero-order chi connectivity index (χ0) is 20.5. The fourth-order valence-corrected chi connectivity index (χ4v) is 2.44. The van der Waals surface area contributed by atoms with E-state index in [1.165, 1.54) is 18.2 Å². The van der Waals surface area contributed by atoms with Gasteiger partial charge < -0.3 is 10.4 Å². The number of allylic oxidation sites excluding steroid dienone is 3. The van der Waals surface area contributed by atoms with Gasteiger partial charge in [-0.1, -0.05) is 30.4 Å². The number of anilines is 1. The molecule has 1 aromatic rings. The van der Waals surface area contributed by atoms with Gasteiger partial charge in [-0.05, 0) is 17.7 Å². The minimum Gasteiger partial charge on any atom is -0.369 e. The highest BCUT2D eigenvalue weighted by atomic mass is 19.4. The highest BCUT2D eigenvalue weighted by Gasteiger charge is 2.71. The second kappa shape index (κ2) is 7.34. The molecule has 0 aliphatic heterocycles. The maximum Gasteiger partial charge on any atom is 0.430 e. The van der Waals surface area contributed by atoms with Crippen LogP contribution in [0.2, 0.25) is 0 Å². The molecule has 2 N–H and O–H groups in total. The minimum atomic E-state index is -5.98. The normalized spacial score (nSPS) is 18.2. The molecular formula is C17H14F7NO2. The minimum absolute atomic E-state index is 0.0563. The number of carbonyl (C=O) groups excluding carboxylic acids is 1. The zero-order valence-electron chi connectivity index (χ0n) is 13.5. The molecule has 0 radical (unpaired) electrons. The number of alkyl halides is 7. The lowest BCUT2D eigenvalue weighted by atomic mass is 9.92. The summed E-state index contributed by atoms with van der Waals surface area (Å²) in [7, 11) is 0. The topological polar surface area (TPSA) is 49.3 Å². The maximum atomic E-state index is 12.9. The predicted octanol–water partition coefficient (Wildman–Crippen LogP) is 4.55. The molecule has 3 nitrogen and oxygen atoms in total. The molecule has 1 aromatic carbocycles. The Morgan fingerprint density at radius 2 is 1.63 bits per heavy atom. The largest absolute Gasteiger partial charge is 0.430 e. The third kappa shape index (κ3) is 4.49. The van der Waals surface area contributed by atoms with E-state index in [1.807, 2.05) is 0 Å². The molecule has 0 bridgehead atoms. The number of benzene rings is 1. The van der Waals surface area contributed by atoms with Gasteiger partial charge in [0.05, 0.1) is 6.42 Å². The highest BCUT2D eigenvalue weighted by molar-refractivity contribution is 5.92. The van der Waals surface area contributed by atoms with Crippen LogP contribution in [0.3, 0.4) is 0 Å². The SMILES string of the molecule is O=C(CC1=CCC(F)C=C1)Nc1ccc(C(O)(C(F)(F)F)C(F)(F)F)cc1. The summed E-state index contributed by atoms with van der Waals surface area (Å²) in [6.07, 6.45) is -8.92. The molecule has 10 heteroatoms. The first-order valence-electron chi connectivity index (χ1n) is 7.62. The number of halogens is 7. The van der Waals surface area contributed by atoms with E-state index in [4.69, 9.17) is 0 Å². The number of carbonyl (C=O) groups is 1. The van der Waals surface area contributed by atoms with Crippen molar-refractivity contribution < 1.29 is 40.6 Å². The molecule has 1 amide bonds. The predicted molar refractivity (Wildman–Crippen MR) is 82.4 cm³/mol. The molecule has 1 aliphatic rings. The molecule has 0 aromatic heterocycles. The van der Waals surface area contributed by atoms with Crippen LogP contribution in [0.15, 0.2) is 48.1 Å². The first kappa shape index (κ1) is 20.9. The fraction of sp³-hybridized carbons (Fsp3) is 0.353. The Balaban J connectivity index is 2.13. The van der Waals surface area contributed by atoms with E-state index in [2.05, 4.69) is 5.32 Å². The number of amides is 1. The molecule has 1 atom stereocenters. The lowest BCUT2D eigenvalue weighted by molar-refractivity contribution is -0.376. The average Bonchev–Trinajstić information content (AvgIpc) is 2.55. The van der Waals surface area contributed by atoms with Crippen LogP contribution in [-0.4, -0.2) is 29.5 Å². The molecule has 1 unspecified atom stereocenters. The van der Waals surface area contributed by atoms with Gasteiger partial charge in [0.25, 0.3) is 5.60 Å². The third-order valence-corrected chi connectivity index (χ3v) is 3.90. The van der Waals surface area contributed by atoms with Crippen LogP contribution >= 0.6 is 0 Å². The van der Waals surface area contributed by atoms with E-state index in [-0.39, 0.29) is 18.5 Å². The Hall–Kier alpha value is -2.36. The average molecular weight is 397 g/mol. The van der Waals surface area contributed by atoms with E-state index < -0.39 is 35.6 Å². The summed E-state index contributed by atoms with van der Waals surface area (Å²) >= 11 is 0. The first-order chi connectivity index (χ1) is 12.3. The molecule has 0 fully saturated rings. The standard InChI is InChI=1S/C17H14F7NO2/c18-12-5-1-10(2-6-12)9-14(26)25-13-7-3-11(4-8-13)15(27,16(19,20)21)17(22,23)24/h1-5,7-8,12,27H,6,9H2,(H,25,26). The highest BCUT2D eigenvalue weighted by Crippen LogP contribution is 2.50. The number of aliphatic hydroxyl groups is 1. The summed E-state index contributed by atoms with van der Waals surface area (Å²) in [6, 6.07) is 2.50. The van der Waals surface area contributed by atoms with Crippen molar-refractivity contribution in [1.29, 1.82) is 0 Å². The molecule has 0 spiro atoms. The molecule has 2 rings (SSSR count). The summed E-state index contributed by atoms with van der Waals surface area (Å²) in [5.74, 6) is -0.585. The van der Waals surface area contributed by atoms with Crippen molar-refractivity contribution in [2.75, 3.05) is 5.32 Å². The van der Waals surface area contributed by atoms with Crippen molar-refractivity contribution >= 4 is 11.6 Å². The number of hydrogen-bond acceptors (Lipinski definition) is 2. The van der Waals surface area contributed by atoms with Crippen molar-refractivity contribution in [2.24, 2.45) is 0 Å². The van der Waals surface area contributed by atoms with Crippen molar-refractivity contribution in [2.45, 2.75) is 37.0 Å². The zero-order valence-corrected chi connectivity index (χ0v) is 13.5. The molecule has 1 aliphatic carbocycles. The summed E-state index contributed by atoms with van der Waals surface area (Å²) in [6.45, 7) is 0. The first-order valence-corrected chi connectivity index (χ1v) is 7.62. The van der Waals surface area contributed by atoms with Gasteiger partial charge in [-0.15, -0.1) is 0 Å². The van der Waals surface area contributed by atoms with Crippen LogP contribution in [0.25, 0.3) is 0 Å². The van der Waals surface area contributed by atoms with Crippen LogP contribution in [0.1, 0.15) is 18.4 Å². The van der Waals surface area contributed by atoms with Crippen LogP contribution in [0.4, 0.5) is 36.4 Å². The van der Waals surface area contributed by atoms with E-state index in [9.17, 15) is 40.6 Å². The second-order valence-electron chi connectivity index (χ2n) is 5.90. The summed E-state index contributed by atoms with van der Waals surface area (Å²) < 4.78 is 89.8. The smallest absolute Gasteiger partial charge is 0.369 e. The quantitative estimate of drug-likeness (QED) is 0.733. The monoisotopic (exact) mass is 397 g/mol. The summed E-state index contributed by atoms with van der Waals surface area (Å²) in [5.41, 5.74) is -5.98. The molecule has 148 valence electrons. The summed E-state index contributed by atoms with van der Waals surface area (Å²) in [4.78, 5) is 11.9. The van der Waals surface area contributed by atoms with E-state index in [0.29, 0.717) is 17.7 Å². The Bertz CT molecular complexity index is 734. The lowest BCUT2D eigenvalue weighted by Gasteiger charge is -2.32. The van der Waals surface area contributed by atoms with Gasteiger partial charge in [0.1, 0.15) is 6.17 Å². The van der Waals surface area contributed by atoms with E-state index in [0.717, 1.165) is 12.1 Å². The Morgan fingerprint density at radius 3 is 2.07 bits per heavy atom. The summed E-state index contributed by atoms with van der Waals surface area (Å²) in [5, 5.41) is 11.6. The Morgan fingerprint density at radius 1 is 1.07 bits per heavy atom. The molecule has 0 saturated heterocycles. The number of nitrogens with one attached hydrogen (secondary N) is 1. The fourth-order valence-electron chi connectivity index (χ4n) is 2.44. The molecular weight excluding hydrogens is 383 g/mol. The number of rotatable bonds is 4. The third-order valence-electron chi connectivity index (χ3n) is 3.90. The van der Waals surface area contributed by atoms with Crippen LogP contribution in [0.5, 0.6) is 0 Å². The van der Waals surface area contributed by atoms with E-state index in [1.54, 1.807) is 0 Å². The van der Waals surface area contributed by atoms with Gasteiger partial charge in [-0.2, -0.15) is 26.3 Å². The van der Waals surface area contributed by atoms with Gasteiger partial charge in [0.15, 0.2) is 0 Å². The molecule has 0 saturated carbocycles. The van der Waals surface area contributed by atoms with Gasteiger partial charge >= 0.3 is 12.4 Å². The second-order valence-corrected chi connectivity index (χ2v) is 5.90.